The van der Waals surface area contributed by atoms with Crippen LogP contribution in [-0.4, -0.2) is 64.6 Å². The molecule has 0 radical (unpaired) electrons. The van der Waals surface area contributed by atoms with Gasteiger partial charge in [0, 0.05) is 32.8 Å². The van der Waals surface area contributed by atoms with Crippen molar-refractivity contribution >= 4 is 16.9 Å². The van der Waals surface area contributed by atoms with Crippen molar-refractivity contribution in [2.75, 3.05) is 32.8 Å². The molecular weight excluding hydrogens is 304 g/mol. The summed E-state index contributed by atoms with van der Waals surface area (Å²) in [7, 11) is 0. The molecule has 6 heteroatoms. The Hall–Kier alpha value is -1.92. The molecule has 0 bridgehead atoms. The van der Waals surface area contributed by atoms with E-state index in [4.69, 9.17) is 4.74 Å². The number of hydrogen-bond acceptors (Lipinski definition) is 4. The zero-order chi connectivity index (χ0) is 16.5. The molecule has 1 amide bonds. The molecule has 128 valence electrons. The second-order valence-corrected chi connectivity index (χ2v) is 6.86. The van der Waals surface area contributed by atoms with Crippen molar-refractivity contribution in [3.8, 4) is 0 Å². The molecule has 2 aliphatic heterocycles. The summed E-state index contributed by atoms with van der Waals surface area (Å²) in [6.45, 7) is 6.91. The number of hydrogen-bond donors (Lipinski definition) is 1. The minimum absolute atomic E-state index is 0.170. The Morgan fingerprint density at radius 3 is 2.79 bits per heavy atom. The lowest BCUT2D eigenvalue weighted by molar-refractivity contribution is -0.144. The third kappa shape index (κ3) is 3.03. The number of rotatable bonds is 3. The lowest BCUT2D eigenvalue weighted by Crippen LogP contribution is -2.51. The van der Waals surface area contributed by atoms with E-state index in [9.17, 15) is 4.79 Å². The Morgan fingerprint density at radius 1 is 1.29 bits per heavy atom. The summed E-state index contributed by atoms with van der Waals surface area (Å²) in [4.78, 5) is 24.9. The van der Waals surface area contributed by atoms with Crippen LogP contribution in [0.5, 0.6) is 0 Å². The van der Waals surface area contributed by atoms with Crippen molar-refractivity contribution in [1.29, 1.82) is 0 Å². The van der Waals surface area contributed by atoms with Crippen LogP contribution in [0.1, 0.15) is 19.2 Å². The first-order valence-electron chi connectivity index (χ1n) is 8.77. The summed E-state index contributed by atoms with van der Waals surface area (Å²) in [5, 5.41) is 0. The van der Waals surface area contributed by atoms with Gasteiger partial charge in [0.2, 0.25) is 0 Å². The minimum atomic E-state index is -0.230. The molecule has 24 heavy (non-hydrogen) atoms. The fourth-order valence-electron chi connectivity index (χ4n) is 3.61. The Bertz CT molecular complexity index is 688. The van der Waals surface area contributed by atoms with E-state index in [0.29, 0.717) is 12.5 Å². The number of amides is 1. The van der Waals surface area contributed by atoms with Crippen LogP contribution < -0.4 is 0 Å². The number of carbonyl (C=O) groups is 1. The van der Waals surface area contributed by atoms with E-state index in [0.717, 1.165) is 56.0 Å². The number of imidazole rings is 1. The van der Waals surface area contributed by atoms with Crippen LogP contribution in [0.25, 0.3) is 11.0 Å². The fraction of sp³-hybridized carbons (Fsp3) is 0.556. The van der Waals surface area contributed by atoms with E-state index in [2.05, 4.69) is 21.8 Å². The van der Waals surface area contributed by atoms with Crippen LogP contribution in [0, 0.1) is 5.92 Å². The molecule has 1 aromatic heterocycles. The maximum atomic E-state index is 12.6. The average molecular weight is 328 g/mol. The molecule has 0 unspecified atom stereocenters. The smallest absolute Gasteiger partial charge is 0.252 e. The number of H-pyrrole nitrogens is 1. The van der Waals surface area contributed by atoms with Gasteiger partial charge in [-0.25, -0.2) is 4.98 Å². The molecule has 2 atom stereocenters. The first kappa shape index (κ1) is 15.6. The predicted octanol–water partition coefficient (Wildman–Crippen LogP) is 1.63. The van der Waals surface area contributed by atoms with Gasteiger partial charge in [-0.2, -0.15) is 0 Å². The number of para-hydroxylation sites is 2. The van der Waals surface area contributed by atoms with Gasteiger partial charge in [0.1, 0.15) is 11.9 Å². The van der Waals surface area contributed by atoms with Gasteiger partial charge in [-0.3, -0.25) is 9.69 Å². The largest absolute Gasteiger partial charge is 0.368 e. The molecule has 0 saturated carbocycles. The summed E-state index contributed by atoms with van der Waals surface area (Å²) in [5.41, 5.74) is 2.09. The topological polar surface area (TPSA) is 61.5 Å². The Balaban J connectivity index is 1.33. The summed E-state index contributed by atoms with van der Waals surface area (Å²) in [6.07, 6.45) is 0.759. The summed E-state index contributed by atoms with van der Waals surface area (Å²) < 4.78 is 5.62. The first-order valence-corrected chi connectivity index (χ1v) is 8.77. The molecule has 6 nitrogen and oxygen atoms in total. The van der Waals surface area contributed by atoms with Crippen LogP contribution in [0.4, 0.5) is 0 Å². The van der Waals surface area contributed by atoms with Gasteiger partial charge < -0.3 is 14.6 Å². The van der Waals surface area contributed by atoms with E-state index in [1.54, 1.807) is 0 Å². The number of fused-ring (bicyclic) bond motifs is 1. The van der Waals surface area contributed by atoms with Crippen molar-refractivity contribution in [1.82, 2.24) is 19.8 Å². The second-order valence-electron chi connectivity index (χ2n) is 6.86. The van der Waals surface area contributed by atoms with E-state index >= 15 is 0 Å². The average Bonchev–Trinajstić information content (AvgIpc) is 3.20. The Morgan fingerprint density at radius 2 is 2.08 bits per heavy atom. The van der Waals surface area contributed by atoms with Crippen LogP contribution in [0.2, 0.25) is 0 Å². The molecule has 3 heterocycles. The number of nitrogens with one attached hydrogen (secondary N) is 1. The van der Waals surface area contributed by atoms with Crippen molar-refractivity contribution in [2.24, 2.45) is 5.92 Å². The molecule has 2 aliphatic rings. The maximum Gasteiger partial charge on any atom is 0.252 e. The summed E-state index contributed by atoms with van der Waals surface area (Å²) in [5.74, 6) is 1.50. The SMILES string of the molecule is C[C@H]1CCO[C@@H]1C(=O)N1CCN(Cc2nc3ccccc3[nH]2)CC1. The summed E-state index contributed by atoms with van der Waals surface area (Å²) in [6, 6.07) is 8.09. The number of benzene rings is 1. The highest BCUT2D eigenvalue weighted by Gasteiger charge is 2.35. The lowest BCUT2D eigenvalue weighted by atomic mass is 10.0. The van der Waals surface area contributed by atoms with E-state index in [1.165, 1.54) is 0 Å². The molecule has 1 N–H and O–H groups in total. The van der Waals surface area contributed by atoms with Crippen LogP contribution in [0.3, 0.4) is 0 Å². The van der Waals surface area contributed by atoms with Crippen LogP contribution >= 0.6 is 0 Å². The van der Waals surface area contributed by atoms with Gasteiger partial charge >= 0.3 is 0 Å². The third-order valence-corrected chi connectivity index (χ3v) is 5.13. The molecular formula is C18H24N4O2. The summed E-state index contributed by atoms with van der Waals surface area (Å²) >= 11 is 0. The lowest BCUT2D eigenvalue weighted by Gasteiger charge is -2.35. The fourth-order valence-corrected chi connectivity index (χ4v) is 3.61. The highest BCUT2D eigenvalue weighted by molar-refractivity contribution is 5.81. The van der Waals surface area contributed by atoms with Crippen LogP contribution in [0.15, 0.2) is 24.3 Å². The van der Waals surface area contributed by atoms with Gasteiger partial charge in [0.05, 0.1) is 17.6 Å². The molecule has 0 aliphatic carbocycles. The molecule has 1 aromatic carbocycles. The van der Waals surface area contributed by atoms with E-state index in [1.807, 2.05) is 29.2 Å². The second kappa shape index (κ2) is 6.53. The van der Waals surface area contributed by atoms with Gasteiger partial charge in [0.15, 0.2) is 0 Å². The minimum Gasteiger partial charge on any atom is -0.368 e. The maximum absolute atomic E-state index is 12.6. The zero-order valence-electron chi connectivity index (χ0n) is 14.1. The quantitative estimate of drug-likeness (QED) is 0.930. The molecule has 4 rings (SSSR count). The van der Waals surface area contributed by atoms with Crippen molar-refractivity contribution in [2.45, 2.75) is 26.0 Å². The van der Waals surface area contributed by atoms with E-state index < -0.39 is 0 Å². The number of aromatic amines is 1. The molecule has 2 aromatic rings. The highest BCUT2D eigenvalue weighted by atomic mass is 16.5. The Labute approximate surface area is 141 Å². The zero-order valence-corrected chi connectivity index (χ0v) is 14.1. The normalized spacial score (nSPS) is 25.5. The first-order chi connectivity index (χ1) is 11.7. The predicted molar refractivity (Wildman–Crippen MR) is 91.5 cm³/mol. The number of aromatic nitrogens is 2. The van der Waals surface area contributed by atoms with Crippen molar-refractivity contribution < 1.29 is 9.53 Å². The molecule has 2 saturated heterocycles. The van der Waals surface area contributed by atoms with Gasteiger partial charge in [0.25, 0.3) is 5.91 Å². The third-order valence-electron chi connectivity index (χ3n) is 5.13. The van der Waals surface area contributed by atoms with E-state index in [-0.39, 0.29) is 12.0 Å². The van der Waals surface area contributed by atoms with Crippen molar-refractivity contribution in [3.63, 3.8) is 0 Å². The van der Waals surface area contributed by atoms with Gasteiger partial charge in [-0.15, -0.1) is 0 Å². The standard InChI is InChI=1S/C18H24N4O2/c1-13-6-11-24-17(13)18(23)22-9-7-21(8-10-22)12-16-19-14-4-2-3-5-15(14)20-16/h2-5,13,17H,6-12H2,1H3,(H,19,20)/t13-,17-/m0/s1. The highest BCUT2D eigenvalue weighted by Crippen LogP contribution is 2.22. The monoisotopic (exact) mass is 328 g/mol. The molecule has 0 spiro atoms. The number of piperazine rings is 1. The van der Waals surface area contributed by atoms with Crippen molar-refractivity contribution in [3.05, 3.63) is 30.1 Å². The Kier molecular flexibility index (Phi) is 4.24. The molecule has 2 fully saturated rings. The van der Waals surface area contributed by atoms with Gasteiger partial charge in [-0.1, -0.05) is 19.1 Å². The number of ether oxygens (including phenoxy) is 1. The number of carbonyl (C=O) groups excluding carboxylic acids is 1. The number of nitrogens with zero attached hydrogens (tertiary/aromatic N) is 3. The van der Waals surface area contributed by atoms with Crippen LogP contribution in [-0.2, 0) is 16.1 Å². The van der Waals surface area contributed by atoms with Gasteiger partial charge in [-0.05, 0) is 24.5 Å².